The van der Waals surface area contributed by atoms with Crippen molar-refractivity contribution >= 4 is 17.8 Å². The molecule has 3 N–H and O–H groups in total. The van der Waals surface area contributed by atoms with Crippen LogP contribution < -0.4 is 20.7 Å². The first-order chi connectivity index (χ1) is 8.56. The van der Waals surface area contributed by atoms with E-state index in [9.17, 15) is 4.79 Å². The Morgan fingerprint density at radius 1 is 1.44 bits per heavy atom. The van der Waals surface area contributed by atoms with Gasteiger partial charge in [-0.2, -0.15) is 15.0 Å². The highest BCUT2D eigenvalue weighted by atomic mass is 16.5. The average molecular weight is 254 g/mol. The summed E-state index contributed by atoms with van der Waals surface area (Å²) in [6, 6.07) is 0.170. The molecule has 0 aliphatic heterocycles. The fourth-order valence-corrected chi connectivity index (χ4v) is 1.15. The first kappa shape index (κ1) is 13.9. The van der Waals surface area contributed by atoms with Gasteiger partial charge in [-0.1, -0.05) is 6.92 Å². The number of hydrogen-bond acceptors (Lipinski definition) is 7. The topological polar surface area (TPSA) is 106 Å². The summed E-state index contributed by atoms with van der Waals surface area (Å²) in [4.78, 5) is 24.7. The van der Waals surface area contributed by atoms with Gasteiger partial charge in [0.2, 0.25) is 17.8 Å². The lowest BCUT2D eigenvalue weighted by Crippen LogP contribution is -2.34. The molecule has 0 radical (unpaired) electrons. The van der Waals surface area contributed by atoms with Crippen molar-refractivity contribution in [2.75, 3.05) is 37.9 Å². The lowest BCUT2D eigenvalue weighted by Gasteiger charge is -2.16. The third-order valence-electron chi connectivity index (χ3n) is 2.06. The van der Waals surface area contributed by atoms with Gasteiger partial charge in [0.05, 0.1) is 13.2 Å². The molecule has 100 valence electrons. The standard InChI is InChI=1S/C10H18N6O2/c1-4-5-18-10-14-8(11)13-9(15-10)16(3)6-7(17)12-2/h4-6H2,1-3H3,(H,12,17)(H2,11,13,14,15). The van der Waals surface area contributed by atoms with Crippen molar-refractivity contribution < 1.29 is 9.53 Å². The van der Waals surface area contributed by atoms with Crippen molar-refractivity contribution in [3.05, 3.63) is 0 Å². The van der Waals surface area contributed by atoms with Gasteiger partial charge in [0.1, 0.15) is 0 Å². The monoisotopic (exact) mass is 254 g/mol. The van der Waals surface area contributed by atoms with E-state index in [4.69, 9.17) is 10.5 Å². The van der Waals surface area contributed by atoms with Crippen LogP contribution in [-0.4, -0.2) is 48.1 Å². The molecule has 0 fully saturated rings. The largest absolute Gasteiger partial charge is 0.463 e. The highest BCUT2D eigenvalue weighted by molar-refractivity contribution is 5.80. The summed E-state index contributed by atoms with van der Waals surface area (Å²) in [5, 5.41) is 2.51. The number of rotatable bonds is 6. The summed E-state index contributed by atoms with van der Waals surface area (Å²) in [7, 11) is 3.25. The van der Waals surface area contributed by atoms with Gasteiger partial charge in [0.15, 0.2) is 0 Å². The smallest absolute Gasteiger partial charge is 0.323 e. The van der Waals surface area contributed by atoms with Crippen molar-refractivity contribution in [1.29, 1.82) is 0 Å². The summed E-state index contributed by atoms with van der Waals surface area (Å²) in [5.41, 5.74) is 5.56. The number of aromatic nitrogens is 3. The number of carbonyl (C=O) groups excluding carboxylic acids is 1. The lowest BCUT2D eigenvalue weighted by molar-refractivity contribution is -0.119. The maximum absolute atomic E-state index is 11.3. The summed E-state index contributed by atoms with van der Waals surface area (Å²) in [6.07, 6.45) is 0.842. The van der Waals surface area contributed by atoms with Gasteiger partial charge in [0, 0.05) is 14.1 Å². The minimum atomic E-state index is -0.146. The number of hydrogen-bond donors (Lipinski definition) is 2. The minimum absolute atomic E-state index is 0.0647. The number of nitrogens with one attached hydrogen (secondary N) is 1. The van der Waals surface area contributed by atoms with Crippen LogP contribution in [0, 0.1) is 0 Å². The molecule has 0 aliphatic carbocycles. The van der Waals surface area contributed by atoms with Crippen molar-refractivity contribution in [2.45, 2.75) is 13.3 Å². The van der Waals surface area contributed by atoms with E-state index < -0.39 is 0 Å². The van der Waals surface area contributed by atoms with E-state index in [-0.39, 0.29) is 24.4 Å². The Morgan fingerprint density at radius 2 is 2.17 bits per heavy atom. The third kappa shape index (κ3) is 4.04. The fraction of sp³-hybridized carbons (Fsp3) is 0.600. The predicted molar refractivity (Wildman–Crippen MR) is 67.4 cm³/mol. The molecule has 1 rings (SSSR count). The Kier molecular flexibility index (Phi) is 5.09. The molecule has 8 nitrogen and oxygen atoms in total. The van der Waals surface area contributed by atoms with Crippen molar-refractivity contribution in [2.24, 2.45) is 0 Å². The number of ether oxygens (including phenoxy) is 1. The van der Waals surface area contributed by atoms with Gasteiger partial charge in [0.25, 0.3) is 0 Å². The second kappa shape index (κ2) is 6.58. The van der Waals surface area contributed by atoms with E-state index in [1.807, 2.05) is 6.92 Å². The van der Waals surface area contributed by atoms with E-state index in [0.29, 0.717) is 12.6 Å². The number of nitrogens with zero attached hydrogens (tertiary/aromatic N) is 4. The van der Waals surface area contributed by atoms with Crippen LogP contribution in [0.15, 0.2) is 0 Å². The number of anilines is 2. The van der Waals surface area contributed by atoms with Crippen molar-refractivity contribution in [1.82, 2.24) is 20.3 Å². The Morgan fingerprint density at radius 3 is 2.78 bits per heavy atom. The second-order valence-electron chi connectivity index (χ2n) is 3.65. The Bertz CT molecular complexity index is 411. The van der Waals surface area contributed by atoms with Gasteiger partial charge < -0.3 is 20.7 Å². The minimum Gasteiger partial charge on any atom is -0.463 e. The van der Waals surface area contributed by atoms with Gasteiger partial charge in [-0.15, -0.1) is 0 Å². The van der Waals surface area contributed by atoms with E-state index in [2.05, 4.69) is 20.3 Å². The quantitative estimate of drug-likeness (QED) is 0.699. The van der Waals surface area contributed by atoms with Gasteiger partial charge in [-0.3, -0.25) is 4.79 Å². The van der Waals surface area contributed by atoms with E-state index in [1.54, 1.807) is 19.0 Å². The first-order valence-electron chi connectivity index (χ1n) is 5.62. The van der Waals surface area contributed by atoms with E-state index in [0.717, 1.165) is 6.42 Å². The Hall–Kier alpha value is -2.12. The molecular weight excluding hydrogens is 236 g/mol. The Balaban J connectivity index is 2.80. The maximum Gasteiger partial charge on any atom is 0.323 e. The molecule has 0 saturated carbocycles. The van der Waals surface area contributed by atoms with Crippen LogP contribution in [-0.2, 0) is 4.79 Å². The number of nitrogen functional groups attached to an aromatic ring is 1. The maximum atomic E-state index is 11.3. The van der Waals surface area contributed by atoms with Crippen molar-refractivity contribution in [3.8, 4) is 6.01 Å². The second-order valence-corrected chi connectivity index (χ2v) is 3.65. The molecule has 0 saturated heterocycles. The molecular formula is C10H18N6O2. The molecule has 8 heteroatoms. The molecule has 0 aliphatic rings. The molecule has 1 heterocycles. The predicted octanol–water partition coefficient (Wildman–Crippen LogP) is -0.575. The van der Waals surface area contributed by atoms with Crippen LogP contribution in [0.3, 0.4) is 0 Å². The number of likely N-dealkylation sites (N-methyl/N-ethyl adjacent to an activating group) is 2. The van der Waals surface area contributed by atoms with E-state index in [1.165, 1.54) is 0 Å². The van der Waals surface area contributed by atoms with Crippen molar-refractivity contribution in [3.63, 3.8) is 0 Å². The van der Waals surface area contributed by atoms with Gasteiger partial charge in [-0.25, -0.2) is 0 Å². The van der Waals surface area contributed by atoms with Crippen LogP contribution in [0.2, 0.25) is 0 Å². The average Bonchev–Trinajstić information content (AvgIpc) is 2.35. The molecule has 1 aromatic heterocycles. The molecule has 0 spiro atoms. The molecule has 0 aromatic carbocycles. The van der Waals surface area contributed by atoms with Crippen LogP contribution >= 0.6 is 0 Å². The van der Waals surface area contributed by atoms with Gasteiger partial charge >= 0.3 is 6.01 Å². The molecule has 0 bridgehead atoms. The lowest BCUT2D eigenvalue weighted by atomic mass is 10.5. The third-order valence-corrected chi connectivity index (χ3v) is 2.06. The summed E-state index contributed by atoms with van der Waals surface area (Å²) >= 11 is 0. The summed E-state index contributed by atoms with van der Waals surface area (Å²) < 4.78 is 5.29. The zero-order chi connectivity index (χ0) is 13.5. The molecule has 18 heavy (non-hydrogen) atoms. The molecule has 0 unspecified atom stereocenters. The van der Waals surface area contributed by atoms with Gasteiger partial charge in [-0.05, 0) is 6.42 Å². The van der Waals surface area contributed by atoms with E-state index >= 15 is 0 Å². The highest BCUT2D eigenvalue weighted by Crippen LogP contribution is 2.12. The normalized spacial score (nSPS) is 9.94. The number of nitrogens with two attached hydrogens (primary N) is 1. The SMILES string of the molecule is CCCOc1nc(N)nc(N(C)CC(=O)NC)n1. The number of amides is 1. The van der Waals surface area contributed by atoms with Crippen LogP contribution in [0.5, 0.6) is 6.01 Å². The summed E-state index contributed by atoms with van der Waals surface area (Å²) in [5.74, 6) is 0.222. The number of carbonyl (C=O) groups is 1. The highest BCUT2D eigenvalue weighted by Gasteiger charge is 2.12. The fourth-order valence-electron chi connectivity index (χ4n) is 1.15. The summed E-state index contributed by atoms with van der Waals surface area (Å²) in [6.45, 7) is 2.61. The van der Waals surface area contributed by atoms with Crippen LogP contribution in [0.4, 0.5) is 11.9 Å². The Labute approximate surface area is 106 Å². The van der Waals surface area contributed by atoms with Crippen LogP contribution in [0.25, 0.3) is 0 Å². The zero-order valence-corrected chi connectivity index (χ0v) is 10.8. The zero-order valence-electron chi connectivity index (χ0n) is 10.8. The first-order valence-corrected chi connectivity index (χ1v) is 5.62. The molecule has 1 aromatic rings. The molecule has 1 amide bonds. The molecule has 0 atom stereocenters. The van der Waals surface area contributed by atoms with Crippen LogP contribution in [0.1, 0.15) is 13.3 Å².